The van der Waals surface area contributed by atoms with Crippen molar-refractivity contribution in [2.45, 2.75) is 19.4 Å². The molecule has 6 rings (SSSR count). The highest BCUT2D eigenvalue weighted by atomic mass is 35.5. The molecular formula is C25H20ClN5O3. The molecule has 0 saturated carbocycles. The Morgan fingerprint density at radius 1 is 1.26 bits per heavy atom. The summed E-state index contributed by atoms with van der Waals surface area (Å²) in [6.07, 6.45) is 6.40. The molecule has 1 aliphatic heterocycles. The molecule has 0 saturated heterocycles. The number of carbonyl (C=O) groups excluding carboxylic acids is 1. The molecule has 4 aromatic rings. The van der Waals surface area contributed by atoms with Crippen LogP contribution in [0.15, 0.2) is 53.4 Å². The summed E-state index contributed by atoms with van der Waals surface area (Å²) in [7, 11) is 1.62. The molecule has 9 heteroatoms. The first-order chi connectivity index (χ1) is 16.5. The molecule has 0 fully saturated rings. The molecule has 170 valence electrons. The van der Waals surface area contributed by atoms with E-state index < -0.39 is 0 Å². The third kappa shape index (κ3) is 3.03. The Balaban J connectivity index is 1.51. The van der Waals surface area contributed by atoms with Crippen LogP contribution in [-0.4, -0.2) is 45.2 Å². The largest absolute Gasteiger partial charge is 0.383 e. The third-order valence-electron chi connectivity index (χ3n) is 6.44. The Kier molecular flexibility index (Phi) is 4.68. The van der Waals surface area contributed by atoms with Crippen molar-refractivity contribution < 1.29 is 9.53 Å². The molecule has 0 spiro atoms. The number of methoxy groups -OCH3 is 1. The lowest BCUT2D eigenvalue weighted by Gasteiger charge is -2.26. The van der Waals surface area contributed by atoms with Gasteiger partial charge < -0.3 is 14.6 Å². The molecule has 1 N–H and O–H groups in total. The summed E-state index contributed by atoms with van der Waals surface area (Å²) in [5.41, 5.74) is 5.13. The molecule has 1 amide bonds. The fourth-order valence-electron chi connectivity index (χ4n) is 4.80. The minimum absolute atomic E-state index is 0.149. The van der Waals surface area contributed by atoms with Crippen LogP contribution < -0.4 is 10.5 Å². The van der Waals surface area contributed by atoms with Gasteiger partial charge in [0.15, 0.2) is 5.82 Å². The summed E-state index contributed by atoms with van der Waals surface area (Å²) in [5.74, 6) is 0.440. The van der Waals surface area contributed by atoms with Gasteiger partial charge in [-0.2, -0.15) is 0 Å². The number of anilines is 1. The zero-order valence-electron chi connectivity index (χ0n) is 18.5. The number of nitrogens with zero attached hydrogens (tertiary/aromatic N) is 4. The second-order valence-corrected chi connectivity index (χ2v) is 9.00. The summed E-state index contributed by atoms with van der Waals surface area (Å²) < 4.78 is 7.15. The van der Waals surface area contributed by atoms with Crippen molar-refractivity contribution in [2.24, 2.45) is 0 Å². The van der Waals surface area contributed by atoms with Crippen molar-refractivity contribution in [1.82, 2.24) is 19.6 Å². The summed E-state index contributed by atoms with van der Waals surface area (Å²) in [6, 6.07) is 9.03. The number of hydrogen-bond acceptors (Lipinski definition) is 5. The van der Waals surface area contributed by atoms with E-state index in [9.17, 15) is 9.59 Å². The minimum Gasteiger partial charge on any atom is -0.383 e. The minimum atomic E-state index is -0.365. The van der Waals surface area contributed by atoms with Gasteiger partial charge in [-0.1, -0.05) is 29.8 Å². The van der Waals surface area contributed by atoms with Gasteiger partial charge in [-0.15, -0.1) is 10.2 Å². The lowest BCUT2D eigenvalue weighted by atomic mass is 10.0. The van der Waals surface area contributed by atoms with Crippen LogP contribution in [0.3, 0.4) is 0 Å². The van der Waals surface area contributed by atoms with Crippen molar-refractivity contribution in [3.8, 4) is 0 Å². The molecule has 34 heavy (non-hydrogen) atoms. The predicted octanol–water partition coefficient (Wildman–Crippen LogP) is 3.70. The Morgan fingerprint density at radius 3 is 2.82 bits per heavy atom. The van der Waals surface area contributed by atoms with Gasteiger partial charge in [-0.3, -0.25) is 14.0 Å². The van der Waals surface area contributed by atoms with Gasteiger partial charge in [0, 0.05) is 29.0 Å². The van der Waals surface area contributed by atoms with Crippen molar-refractivity contribution in [3.05, 3.63) is 86.5 Å². The number of aryl methyl sites for hydroxylation is 1. The van der Waals surface area contributed by atoms with Crippen LogP contribution in [0, 0.1) is 6.92 Å². The van der Waals surface area contributed by atoms with Crippen molar-refractivity contribution in [3.63, 3.8) is 0 Å². The number of amides is 1. The second-order valence-electron chi connectivity index (χ2n) is 8.56. The predicted molar refractivity (Wildman–Crippen MR) is 131 cm³/mol. The molecule has 1 unspecified atom stereocenters. The number of halogens is 1. The second kappa shape index (κ2) is 7.65. The first kappa shape index (κ1) is 20.8. The molecule has 2 aromatic heterocycles. The fraction of sp³-hybridized carbons (Fsp3) is 0.200. The first-order valence-electron chi connectivity index (χ1n) is 10.9. The molecule has 1 atom stereocenters. The number of aromatic nitrogens is 4. The number of benzene rings is 2. The van der Waals surface area contributed by atoms with Crippen molar-refractivity contribution in [2.75, 3.05) is 18.6 Å². The van der Waals surface area contributed by atoms with Gasteiger partial charge in [-0.25, -0.2) is 0 Å². The van der Waals surface area contributed by atoms with Crippen LogP contribution in [0.2, 0.25) is 5.02 Å². The smallest absolute Gasteiger partial charge is 0.294 e. The van der Waals surface area contributed by atoms with E-state index in [1.807, 2.05) is 43.4 Å². The Bertz CT molecular complexity index is 1630. The Labute approximate surface area is 199 Å². The average molecular weight is 474 g/mol. The Hall–Kier alpha value is -3.75. The SMILES string of the molecule is COCC1Cc2cc(Cl)ccc2N1C(=O)c1cc2[nH]c(=O)c3nnc(C4=CC=C4)n3c2cc1C. The van der Waals surface area contributed by atoms with Crippen LogP contribution in [0.25, 0.3) is 22.3 Å². The third-order valence-corrected chi connectivity index (χ3v) is 6.67. The number of aromatic amines is 1. The molecular weight excluding hydrogens is 454 g/mol. The van der Waals surface area contributed by atoms with E-state index in [4.69, 9.17) is 16.3 Å². The summed E-state index contributed by atoms with van der Waals surface area (Å²) in [6.45, 7) is 2.29. The molecule has 2 aliphatic rings. The van der Waals surface area contributed by atoms with Crippen LogP contribution in [0.5, 0.6) is 0 Å². The monoisotopic (exact) mass is 473 g/mol. The quantitative estimate of drug-likeness (QED) is 0.488. The van der Waals surface area contributed by atoms with Gasteiger partial charge in [0.1, 0.15) is 0 Å². The standard InChI is InChI=1S/C25H20ClN5O3/c1-13-8-21-19(27-24(32)23-29-28-22(31(21)23)14-4-3-5-14)11-18(13)25(33)30-17(12-34-2)10-15-9-16(26)6-7-20(15)30/h3-9,11,17H,10,12H2,1-2H3,(H,27,32). The lowest BCUT2D eigenvalue weighted by Crippen LogP contribution is -2.40. The van der Waals surface area contributed by atoms with Crippen LogP contribution in [-0.2, 0) is 11.2 Å². The zero-order chi connectivity index (χ0) is 23.6. The topological polar surface area (TPSA) is 92.6 Å². The first-order valence-corrected chi connectivity index (χ1v) is 11.3. The summed E-state index contributed by atoms with van der Waals surface area (Å²) >= 11 is 6.20. The maximum atomic E-state index is 13.9. The Morgan fingerprint density at radius 2 is 2.09 bits per heavy atom. The summed E-state index contributed by atoms with van der Waals surface area (Å²) in [4.78, 5) is 31.3. The molecule has 8 nitrogen and oxygen atoms in total. The number of ether oxygens (including phenoxy) is 1. The van der Waals surface area contributed by atoms with Gasteiger partial charge in [0.2, 0.25) is 5.65 Å². The number of nitrogens with one attached hydrogen (secondary N) is 1. The maximum Gasteiger partial charge on any atom is 0.294 e. The fourth-order valence-corrected chi connectivity index (χ4v) is 4.99. The van der Waals surface area contributed by atoms with Crippen molar-refractivity contribution in [1.29, 1.82) is 0 Å². The van der Waals surface area contributed by atoms with E-state index >= 15 is 0 Å². The number of hydrogen-bond donors (Lipinski definition) is 1. The van der Waals surface area contributed by atoms with Crippen LogP contribution >= 0.6 is 11.6 Å². The van der Waals surface area contributed by atoms with E-state index in [-0.39, 0.29) is 23.2 Å². The van der Waals surface area contributed by atoms with Gasteiger partial charge in [0.05, 0.1) is 23.7 Å². The number of carbonyl (C=O) groups is 1. The van der Waals surface area contributed by atoms with Crippen molar-refractivity contribution >= 4 is 45.4 Å². The van der Waals surface area contributed by atoms with Crippen LogP contribution in [0.1, 0.15) is 27.3 Å². The summed E-state index contributed by atoms with van der Waals surface area (Å²) in [5, 5.41) is 8.93. The van der Waals surface area contributed by atoms with E-state index in [1.54, 1.807) is 28.5 Å². The molecule has 3 heterocycles. The highest BCUT2D eigenvalue weighted by molar-refractivity contribution is 6.30. The molecule has 1 aliphatic carbocycles. The van der Waals surface area contributed by atoms with E-state index in [1.165, 1.54) is 0 Å². The highest BCUT2D eigenvalue weighted by Crippen LogP contribution is 2.36. The molecule has 0 bridgehead atoms. The maximum absolute atomic E-state index is 13.9. The van der Waals surface area contributed by atoms with Gasteiger partial charge in [-0.05, 0) is 54.8 Å². The zero-order valence-corrected chi connectivity index (χ0v) is 19.3. The van der Waals surface area contributed by atoms with Gasteiger partial charge >= 0.3 is 0 Å². The molecule has 2 aromatic carbocycles. The normalized spacial score (nSPS) is 16.7. The lowest BCUT2D eigenvalue weighted by molar-refractivity contribution is 0.0956. The number of H-pyrrole nitrogens is 1. The van der Waals surface area contributed by atoms with E-state index in [2.05, 4.69) is 15.2 Å². The van der Waals surface area contributed by atoms with Gasteiger partial charge in [0.25, 0.3) is 11.5 Å². The number of fused-ring (bicyclic) bond motifs is 4. The average Bonchev–Trinajstić information content (AvgIpc) is 3.34. The number of allylic oxidation sites excluding steroid dienone is 4. The van der Waals surface area contributed by atoms with E-state index in [0.29, 0.717) is 35.0 Å². The van der Waals surface area contributed by atoms with Crippen LogP contribution in [0.4, 0.5) is 5.69 Å². The highest BCUT2D eigenvalue weighted by Gasteiger charge is 2.35. The van der Waals surface area contributed by atoms with E-state index in [0.717, 1.165) is 27.9 Å². The molecule has 0 radical (unpaired) electrons. The number of rotatable bonds is 4.